The summed E-state index contributed by atoms with van der Waals surface area (Å²) in [7, 11) is 0. The highest BCUT2D eigenvalue weighted by atomic mass is 32.2. The fourth-order valence-electron chi connectivity index (χ4n) is 3.18. The van der Waals surface area contributed by atoms with E-state index in [9.17, 15) is 9.59 Å². The number of aryl methyl sites for hydroxylation is 1. The van der Waals surface area contributed by atoms with Crippen molar-refractivity contribution in [3.05, 3.63) is 54.1 Å². The van der Waals surface area contributed by atoms with Crippen molar-refractivity contribution in [2.24, 2.45) is 0 Å². The number of amides is 2. The lowest BCUT2D eigenvalue weighted by Gasteiger charge is -2.22. The topological polar surface area (TPSA) is 49.4 Å². The Hall–Kier alpha value is -2.27. The van der Waals surface area contributed by atoms with Crippen LogP contribution < -0.4 is 10.2 Å². The number of hydrogen-bond donors (Lipinski definition) is 1. The zero-order chi connectivity index (χ0) is 19.2. The molecule has 1 heterocycles. The number of carbonyl (C=O) groups excluding carboxylic acids is 2. The van der Waals surface area contributed by atoms with Gasteiger partial charge in [0, 0.05) is 22.3 Å². The van der Waals surface area contributed by atoms with Crippen LogP contribution in [0.25, 0.3) is 0 Å². The van der Waals surface area contributed by atoms with Gasteiger partial charge in [0.05, 0.1) is 5.69 Å². The summed E-state index contributed by atoms with van der Waals surface area (Å²) in [4.78, 5) is 27.9. The normalized spacial score (nSPS) is 16.6. The predicted molar refractivity (Wildman–Crippen MR) is 112 cm³/mol. The number of carbonyl (C=O) groups is 2. The Kier molecular flexibility index (Phi) is 6.56. The van der Waals surface area contributed by atoms with Gasteiger partial charge in [0.2, 0.25) is 11.8 Å². The first-order chi connectivity index (χ1) is 13.1. The van der Waals surface area contributed by atoms with E-state index in [0.717, 1.165) is 22.7 Å². The Morgan fingerprint density at radius 1 is 1.19 bits per heavy atom. The van der Waals surface area contributed by atoms with Gasteiger partial charge in [-0.2, -0.15) is 0 Å². The molecule has 0 unspecified atom stereocenters. The van der Waals surface area contributed by atoms with E-state index >= 15 is 0 Å². The number of fused-ring (bicyclic) bond motifs is 1. The summed E-state index contributed by atoms with van der Waals surface area (Å²) in [5.74, 6) is -0.191. The van der Waals surface area contributed by atoms with Crippen molar-refractivity contribution in [2.45, 2.75) is 49.7 Å². The van der Waals surface area contributed by atoms with Gasteiger partial charge in [-0.25, -0.2) is 0 Å². The van der Waals surface area contributed by atoms with Crippen molar-refractivity contribution < 1.29 is 9.59 Å². The zero-order valence-electron chi connectivity index (χ0n) is 15.9. The second kappa shape index (κ2) is 9.09. The number of hydrogen-bond acceptors (Lipinski definition) is 3. The van der Waals surface area contributed by atoms with Crippen LogP contribution in [0.5, 0.6) is 0 Å². The van der Waals surface area contributed by atoms with Crippen LogP contribution >= 0.6 is 11.8 Å². The molecule has 0 bridgehead atoms. The van der Waals surface area contributed by atoms with E-state index < -0.39 is 0 Å². The van der Waals surface area contributed by atoms with Crippen LogP contribution in [0.4, 0.5) is 11.4 Å². The van der Waals surface area contributed by atoms with Gasteiger partial charge in [0.25, 0.3) is 0 Å². The fraction of sp³-hybridized carbons (Fsp3) is 0.364. The molecular formula is C22H26N2O2S. The third-order valence-corrected chi connectivity index (χ3v) is 5.77. The Morgan fingerprint density at radius 2 is 1.93 bits per heavy atom. The summed E-state index contributed by atoms with van der Waals surface area (Å²) in [6.07, 6.45) is 3.82. The lowest BCUT2D eigenvalue weighted by Crippen LogP contribution is -2.38. The minimum absolute atomic E-state index is 0.00925. The first kappa shape index (κ1) is 19.5. The molecule has 0 saturated heterocycles. The highest BCUT2D eigenvalue weighted by molar-refractivity contribution is 8.00. The molecule has 1 atom stereocenters. The molecule has 0 saturated carbocycles. The van der Waals surface area contributed by atoms with Gasteiger partial charge >= 0.3 is 0 Å². The maximum absolute atomic E-state index is 12.7. The SMILES string of the molecule is CCCCc1ccc(NC(=O)CN2C(=O)C[C@@H](C)Sc3ccccc32)cc1. The molecule has 2 aromatic carbocycles. The van der Waals surface area contributed by atoms with Crippen molar-refractivity contribution in [2.75, 3.05) is 16.8 Å². The molecule has 1 N–H and O–H groups in total. The first-order valence-corrected chi connectivity index (χ1v) is 10.4. The summed E-state index contributed by atoms with van der Waals surface area (Å²) in [5, 5.41) is 3.11. The van der Waals surface area contributed by atoms with Gasteiger partial charge in [-0.15, -0.1) is 11.8 Å². The van der Waals surface area contributed by atoms with Crippen molar-refractivity contribution in [3.63, 3.8) is 0 Å². The maximum Gasteiger partial charge on any atom is 0.244 e. The molecule has 1 aliphatic heterocycles. The van der Waals surface area contributed by atoms with E-state index in [2.05, 4.69) is 24.4 Å². The molecule has 4 nitrogen and oxygen atoms in total. The molecule has 5 heteroatoms. The van der Waals surface area contributed by atoms with Crippen LogP contribution in [0, 0.1) is 0 Å². The highest BCUT2D eigenvalue weighted by Gasteiger charge is 2.27. The maximum atomic E-state index is 12.7. The predicted octanol–water partition coefficient (Wildman–Crippen LogP) is 4.89. The molecule has 2 aromatic rings. The van der Waals surface area contributed by atoms with Crippen LogP contribution in [0.15, 0.2) is 53.4 Å². The van der Waals surface area contributed by atoms with Crippen LogP contribution in [0.1, 0.15) is 38.7 Å². The molecule has 3 rings (SSSR count). The van der Waals surface area contributed by atoms with Gasteiger partial charge in [-0.05, 0) is 42.7 Å². The van der Waals surface area contributed by atoms with Gasteiger partial charge in [0.1, 0.15) is 6.54 Å². The summed E-state index contributed by atoms with van der Waals surface area (Å²) in [6, 6.07) is 15.8. The minimum atomic E-state index is -0.181. The Balaban J connectivity index is 1.68. The molecule has 1 aliphatic rings. The van der Waals surface area contributed by atoms with E-state index in [1.165, 1.54) is 18.4 Å². The van der Waals surface area contributed by atoms with E-state index in [1.54, 1.807) is 16.7 Å². The molecule has 27 heavy (non-hydrogen) atoms. The Morgan fingerprint density at radius 3 is 2.67 bits per heavy atom. The van der Waals surface area contributed by atoms with Crippen LogP contribution in [-0.4, -0.2) is 23.6 Å². The second-order valence-electron chi connectivity index (χ2n) is 6.93. The highest BCUT2D eigenvalue weighted by Crippen LogP contribution is 2.37. The molecule has 142 valence electrons. The van der Waals surface area contributed by atoms with Gasteiger partial charge in [-0.3, -0.25) is 9.59 Å². The third-order valence-electron chi connectivity index (χ3n) is 4.61. The second-order valence-corrected chi connectivity index (χ2v) is 8.41. The number of anilines is 2. The van der Waals surface area contributed by atoms with Gasteiger partial charge in [0.15, 0.2) is 0 Å². The van der Waals surface area contributed by atoms with Crippen molar-refractivity contribution in [1.82, 2.24) is 0 Å². The molecule has 0 aliphatic carbocycles. The average molecular weight is 383 g/mol. The number of benzene rings is 2. The van der Waals surface area contributed by atoms with E-state index in [-0.39, 0.29) is 23.6 Å². The van der Waals surface area contributed by atoms with Crippen LogP contribution in [0.3, 0.4) is 0 Å². The molecule has 0 fully saturated rings. The summed E-state index contributed by atoms with van der Waals surface area (Å²) >= 11 is 1.69. The standard InChI is InChI=1S/C22H26N2O2S/c1-3-4-7-17-10-12-18(13-11-17)23-21(25)15-24-19-8-5-6-9-20(19)27-16(2)14-22(24)26/h5-6,8-13,16H,3-4,7,14-15H2,1-2H3,(H,23,25)/t16-/m1/s1. The number of para-hydroxylation sites is 1. The minimum Gasteiger partial charge on any atom is -0.325 e. The van der Waals surface area contributed by atoms with Crippen LogP contribution in [0.2, 0.25) is 0 Å². The quantitative estimate of drug-likeness (QED) is 0.774. The summed E-state index contributed by atoms with van der Waals surface area (Å²) < 4.78 is 0. The smallest absolute Gasteiger partial charge is 0.244 e. The summed E-state index contributed by atoms with van der Waals surface area (Å²) in [6.45, 7) is 4.25. The number of nitrogens with one attached hydrogen (secondary N) is 1. The fourth-order valence-corrected chi connectivity index (χ4v) is 4.30. The monoisotopic (exact) mass is 382 g/mol. The average Bonchev–Trinajstić information content (AvgIpc) is 2.77. The Bertz CT molecular complexity index is 804. The van der Waals surface area contributed by atoms with E-state index in [1.807, 2.05) is 43.3 Å². The number of rotatable bonds is 6. The van der Waals surface area contributed by atoms with E-state index in [4.69, 9.17) is 0 Å². The molecule has 0 spiro atoms. The molecular weight excluding hydrogens is 356 g/mol. The number of thioether (sulfide) groups is 1. The lowest BCUT2D eigenvalue weighted by atomic mass is 10.1. The molecule has 0 radical (unpaired) electrons. The van der Waals surface area contributed by atoms with Crippen molar-refractivity contribution >= 4 is 35.0 Å². The van der Waals surface area contributed by atoms with Crippen molar-refractivity contribution in [1.29, 1.82) is 0 Å². The van der Waals surface area contributed by atoms with Gasteiger partial charge in [-0.1, -0.05) is 44.5 Å². The third kappa shape index (κ3) is 5.13. The molecule has 2 amide bonds. The lowest BCUT2D eigenvalue weighted by molar-refractivity contribution is -0.121. The van der Waals surface area contributed by atoms with Crippen molar-refractivity contribution in [3.8, 4) is 0 Å². The van der Waals surface area contributed by atoms with E-state index in [0.29, 0.717) is 6.42 Å². The number of unbranched alkanes of at least 4 members (excludes halogenated alkanes) is 1. The first-order valence-electron chi connectivity index (χ1n) is 9.51. The Labute approximate surface area is 165 Å². The molecule has 0 aromatic heterocycles. The number of nitrogens with zero attached hydrogens (tertiary/aromatic N) is 1. The zero-order valence-corrected chi connectivity index (χ0v) is 16.7. The van der Waals surface area contributed by atoms with Gasteiger partial charge < -0.3 is 10.2 Å². The van der Waals surface area contributed by atoms with Crippen LogP contribution in [-0.2, 0) is 16.0 Å². The summed E-state index contributed by atoms with van der Waals surface area (Å²) in [5.41, 5.74) is 2.86. The largest absolute Gasteiger partial charge is 0.325 e.